The minimum atomic E-state index is -0.0998. The standard InChI is InChI=1S/C28H30N2O5/c1-18-13-22-7-5-20(14-24(22)30(18)28(32)21-8-10-23(33-2)11-9-21)17-29-27(31)16-19-6-12-25(34-3)26(15-19)35-4/h5-12,14-15,18H,13,16-17H2,1-4H3,(H,29,31)/t18-/m0/s1. The number of fused-ring (bicyclic) bond motifs is 1. The summed E-state index contributed by atoms with van der Waals surface area (Å²) in [6, 6.07) is 18.7. The van der Waals surface area contributed by atoms with E-state index in [1.165, 1.54) is 0 Å². The Morgan fingerprint density at radius 3 is 2.29 bits per heavy atom. The molecule has 4 rings (SSSR count). The number of carbonyl (C=O) groups excluding carboxylic acids is 2. The number of nitrogens with zero attached hydrogens (tertiary/aromatic N) is 1. The number of anilines is 1. The highest BCUT2D eigenvalue weighted by atomic mass is 16.5. The van der Waals surface area contributed by atoms with Gasteiger partial charge in [-0.05, 0) is 72.5 Å². The van der Waals surface area contributed by atoms with Crippen molar-refractivity contribution < 1.29 is 23.8 Å². The van der Waals surface area contributed by atoms with Crippen LogP contribution in [0.1, 0.15) is 34.0 Å². The zero-order chi connectivity index (χ0) is 24.9. The molecule has 7 heteroatoms. The van der Waals surface area contributed by atoms with Crippen molar-refractivity contribution in [3.63, 3.8) is 0 Å². The van der Waals surface area contributed by atoms with Crippen molar-refractivity contribution in [2.24, 2.45) is 0 Å². The number of hydrogen-bond acceptors (Lipinski definition) is 5. The number of methoxy groups -OCH3 is 3. The Kier molecular flexibility index (Phi) is 7.25. The zero-order valence-corrected chi connectivity index (χ0v) is 20.5. The molecule has 0 aliphatic carbocycles. The van der Waals surface area contributed by atoms with Gasteiger partial charge in [-0.2, -0.15) is 0 Å². The number of nitrogens with one attached hydrogen (secondary N) is 1. The van der Waals surface area contributed by atoms with Crippen LogP contribution in [0.25, 0.3) is 0 Å². The molecule has 0 aromatic heterocycles. The fraction of sp³-hybridized carbons (Fsp3) is 0.286. The van der Waals surface area contributed by atoms with E-state index in [2.05, 4.69) is 5.32 Å². The molecule has 0 saturated carbocycles. The van der Waals surface area contributed by atoms with E-state index in [4.69, 9.17) is 14.2 Å². The molecule has 1 atom stereocenters. The van der Waals surface area contributed by atoms with Gasteiger partial charge in [-0.25, -0.2) is 0 Å². The van der Waals surface area contributed by atoms with Crippen molar-refractivity contribution in [1.82, 2.24) is 5.32 Å². The molecule has 0 fully saturated rings. The number of rotatable bonds is 8. The SMILES string of the molecule is COc1ccc(C(=O)N2c3cc(CNC(=O)Cc4ccc(OC)c(OC)c4)ccc3C[C@@H]2C)cc1. The molecular weight excluding hydrogens is 444 g/mol. The molecule has 3 aromatic carbocycles. The molecule has 1 N–H and O–H groups in total. The third-order valence-corrected chi connectivity index (χ3v) is 6.22. The minimum Gasteiger partial charge on any atom is -0.497 e. The van der Waals surface area contributed by atoms with Gasteiger partial charge in [0.2, 0.25) is 5.91 Å². The average molecular weight is 475 g/mol. The van der Waals surface area contributed by atoms with Crippen molar-refractivity contribution in [1.29, 1.82) is 0 Å². The number of benzene rings is 3. The molecular formula is C28H30N2O5. The van der Waals surface area contributed by atoms with Crippen LogP contribution in [0.15, 0.2) is 60.7 Å². The Balaban J connectivity index is 1.44. The lowest BCUT2D eigenvalue weighted by Crippen LogP contribution is -2.35. The zero-order valence-electron chi connectivity index (χ0n) is 20.5. The first-order valence-corrected chi connectivity index (χ1v) is 11.5. The first-order chi connectivity index (χ1) is 16.9. The highest BCUT2D eigenvalue weighted by Crippen LogP contribution is 2.34. The highest BCUT2D eigenvalue weighted by Gasteiger charge is 2.31. The number of ether oxygens (including phenoxy) is 3. The van der Waals surface area contributed by atoms with Gasteiger partial charge in [-0.1, -0.05) is 18.2 Å². The van der Waals surface area contributed by atoms with E-state index in [0.29, 0.717) is 29.4 Å². The van der Waals surface area contributed by atoms with Crippen molar-refractivity contribution in [3.8, 4) is 17.2 Å². The van der Waals surface area contributed by atoms with Crippen molar-refractivity contribution in [3.05, 3.63) is 82.9 Å². The summed E-state index contributed by atoms with van der Waals surface area (Å²) in [4.78, 5) is 27.7. The summed E-state index contributed by atoms with van der Waals surface area (Å²) in [5, 5.41) is 2.98. The number of carbonyl (C=O) groups is 2. The van der Waals surface area contributed by atoms with Gasteiger partial charge in [-0.15, -0.1) is 0 Å². The van der Waals surface area contributed by atoms with Crippen LogP contribution in [0, 0.1) is 0 Å². The fourth-order valence-corrected chi connectivity index (χ4v) is 4.38. The Morgan fingerprint density at radius 1 is 0.886 bits per heavy atom. The van der Waals surface area contributed by atoms with Gasteiger partial charge in [0.15, 0.2) is 11.5 Å². The Morgan fingerprint density at radius 2 is 1.60 bits per heavy atom. The molecule has 1 heterocycles. The van der Waals surface area contributed by atoms with Crippen LogP contribution in [-0.2, 0) is 24.2 Å². The highest BCUT2D eigenvalue weighted by molar-refractivity contribution is 6.07. The number of amides is 2. The Hall–Kier alpha value is -4.00. The van der Waals surface area contributed by atoms with Crippen LogP contribution >= 0.6 is 0 Å². The average Bonchev–Trinajstić information content (AvgIpc) is 3.21. The molecule has 0 spiro atoms. The van der Waals surface area contributed by atoms with E-state index in [-0.39, 0.29) is 24.3 Å². The summed E-state index contributed by atoms with van der Waals surface area (Å²) in [6.07, 6.45) is 1.02. The summed E-state index contributed by atoms with van der Waals surface area (Å²) in [6.45, 7) is 2.42. The van der Waals surface area contributed by atoms with Gasteiger partial charge >= 0.3 is 0 Å². The minimum absolute atomic E-state index is 0.0476. The second-order valence-corrected chi connectivity index (χ2v) is 8.56. The molecule has 182 valence electrons. The van der Waals surface area contributed by atoms with Gasteiger partial charge in [-0.3, -0.25) is 9.59 Å². The predicted octanol–water partition coefficient (Wildman–Crippen LogP) is 4.16. The van der Waals surface area contributed by atoms with Crippen LogP contribution in [0.4, 0.5) is 5.69 Å². The third kappa shape index (κ3) is 5.24. The second-order valence-electron chi connectivity index (χ2n) is 8.56. The topological polar surface area (TPSA) is 77.1 Å². The van der Waals surface area contributed by atoms with Crippen molar-refractivity contribution >= 4 is 17.5 Å². The molecule has 0 saturated heterocycles. The summed E-state index contributed by atoms with van der Waals surface area (Å²) >= 11 is 0. The van der Waals surface area contributed by atoms with E-state index in [9.17, 15) is 9.59 Å². The van der Waals surface area contributed by atoms with E-state index in [0.717, 1.165) is 28.8 Å². The maximum Gasteiger partial charge on any atom is 0.258 e. The molecule has 0 bridgehead atoms. The van der Waals surface area contributed by atoms with Crippen molar-refractivity contribution in [2.75, 3.05) is 26.2 Å². The van der Waals surface area contributed by atoms with Gasteiger partial charge in [0.05, 0.1) is 27.8 Å². The van der Waals surface area contributed by atoms with E-state index in [1.807, 2.05) is 36.1 Å². The fourth-order valence-electron chi connectivity index (χ4n) is 4.38. The summed E-state index contributed by atoms with van der Waals surface area (Å²) in [7, 11) is 4.75. The van der Waals surface area contributed by atoms with E-state index in [1.54, 1.807) is 57.7 Å². The summed E-state index contributed by atoms with van der Waals surface area (Å²) in [5.41, 5.74) is 4.40. The second kappa shape index (κ2) is 10.5. The van der Waals surface area contributed by atoms with Crippen LogP contribution in [0.3, 0.4) is 0 Å². The quantitative estimate of drug-likeness (QED) is 0.531. The van der Waals surface area contributed by atoms with Gasteiger partial charge in [0.1, 0.15) is 5.75 Å². The summed E-state index contributed by atoms with van der Waals surface area (Å²) in [5.74, 6) is 1.78. The van der Waals surface area contributed by atoms with Gasteiger partial charge in [0, 0.05) is 23.8 Å². The maximum atomic E-state index is 13.3. The maximum absolute atomic E-state index is 13.3. The first kappa shape index (κ1) is 24.1. The normalized spacial score (nSPS) is 14.3. The lowest BCUT2D eigenvalue weighted by molar-refractivity contribution is -0.120. The largest absolute Gasteiger partial charge is 0.497 e. The molecule has 7 nitrogen and oxygen atoms in total. The predicted molar refractivity (Wildman–Crippen MR) is 135 cm³/mol. The first-order valence-electron chi connectivity index (χ1n) is 11.5. The lowest BCUT2D eigenvalue weighted by Gasteiger charge is -2.23. The monoisotopic (exact) mass is 474 g/mol. The molecule has 3 aromatic rings. The molecule has 1 aliphatic rings. The third-order valence-electron chi connectivity index (χ3n) is 6.22. The molecule has 2 amide bonds. The van der Waals surface area contributed by atoms with E-state index < -0.39 is 0 Å². The molecule has 0 unspecified atom stereocenters. The van der Waals surface area contributed by atoms with Crippen LogP contribution in [0.2, 0.25) is 0 Å². The number of hydrogen-bond donors (Lipinski definition) is 1. The van der Waals surface area contributed by atoms with E-state index >= 15 is 0 Å². The van der Waals surface area contributed by atoms with Gasteiger partial charge in [0.25, 0.3) is 5.91 Å². The van der Waals surface area contributed by atoms with Gasteiger partial charge < -0.3 is 24.4 Å². The smallest absolute Gasteiger partial charge is 0.258 e. The lowest BCUT2D eigenvalue weighted by atomic mass is 10.1. The molecule has 0 radical (unpaired) electrons. The Labute approximate surface area is 205 Å². The van der Waals surface area contributed by atoms with Crippen LogP contribution < -0.4 is 24.4 Å². The van der Waals surface area contributed by atoms with Crippen molar-refractivity contribution in [2.45, 2.75) is 32.4 Å². The van der Waals surface area contributed by atoms with Crippen LogP contribution in [0.5, 0.6) is 17.2 Å². The Bertz CT molecular complexity index is 1220. The summed E-state index contributed by atoms with van der Waals surface area (Å²) < 4.78 is 15.8. The molecule has 35 heavy (non-hydrogen) atoms. The van der Waals surface area contributed by atoms with Crippen LogP contribution in [-0.4, -0.2) is 39.2 Å². The molecule has 1 aliphatic heterocycles.